The van der Waals surface area contributed by atoms with Gasteiger partial charge in [0.25, 0.3) is 0 Å². The van der Waals surface area contributed by atoms with Crippen molar-refractivity contribution in [3.05, 3.63) is 39.7 Å². The third-order valence-electron chi connectivity index (χ3n) is 6.53. The second-order valence-corrected chi connectivity index (χ2v) is 10.5. The summed E-state index contributed by atoms with van der Waals surface area (Å²) < 4.78 is 0. The molecule has 2 heterocycles. The highest BCUT2D eigenvalue weighted by Gasteiger charge is 2.41. The topological polar surface area (TPSA) is 36.4 Å². The predicted octanol–water partition coefficient (Wildman–Crippen LogP) is 4.94. The number of fused-ring (bicyclic) bond motifs is 1. The van der Waals surface area contributed by atoms with E-state index < -0.39 is 0 Å². The van der Waals surface area contributed by atoms with Crippen molar-refractivity contribution < 1.29 is 5.11 Å². The van der Waals surface area contributed by atoms with Gasteiger partial charge in [0.05, 0.1) is 17.3 Å². The van der Waals surface area contributed by atoms with Gasteiger partial charge in [-0.2, -0.15) is 0 Å². The van der Waals surface area contributed by atoms with Crippen molar-refractivity contribution in [1.82, 2.24) is 9.88 Å². The van der Waals surface area contributed by atoms with Crippen molar-refractivity contribution in [3.63, 3.8) is 0 Å². The van der Waals surface area contributed by atoms with Gasteiger partial charge in [0.15, 0.2) is 0 Å². The summed E-state index contributed by atoms with van der Waals surface area (Å²) >= 11 is 1.82. The predicted molar refractivity (Wildman–Crippen MR) is 114 cm³/mol. The van der Waals surface area contributed by atoms with Crippen LogP contribution in [0.3, 0.4) is 0 Å². The fraction of sp³-hybridized carbons (Fsp3) is 0.609. The van der Waals surface area contributed by atoms with Gasteiger partial charge in [0.1, 0.15) is 0 Å². The summed E-state index contributed by atoms with van der Waals surface area (Å²) in [5, 5.41) is 12.6. The molecule has 1 fully saturated rings. The average Bonchev–Trinajstić information content (AvgIpc) is 3.17. The van der Waals surface area contributed by atoms with E-state index >= 15 is 0 Å². The van der Waals surface area contributed by atoms with Gasteiger partial charge in [0.2, 0.25) is 0 Å². The van der Waals surface area contributed by atoms with Gasteiger partial charge < -0.3 is 10.0 Å². The highest BCUT2D eigenvalue weighted by molar-refractivity contribution is 7.10. The molecule has 0 bridgehead atoms. The SMILES string of the molecule is CC1(C)CC(C)(C)c2cc(-c3csc(C4CCN(CCO)CC4)n3)ccc21. The van der Waals surface area contributed by atoms with Crippen molar-refractivity contribution in [2.24, 2.45) is 0 Å². The first kappa shape index (κ1) is 19.1. The standard InChI is InChI=1S/C23H32N2OS/c1-22(2)15-23(3,4)19-13-17(5-6-18(19)22)20-14-27-21(24-20)16-7-9-25(10-8-16)11-12-26/h5-6,13-14,16,26H,7-12,15H2,1-4H3. The first-order valence-corrected chi connectivity index (χ1v) is 11.1. The number of rotatable bonds is 4. The Hall–Kier alpha value is -1.23. The lowest BCUT2D eigenvalue weighted by Crippen LogP contribution is -2.34. The summed E-state index contributed by atoms with van der Waals surface area (Å²) in [6.45, 7) is 12.7. The van der Waals surface area contributed by atoms with Crippen LogP contribution in [0.4, 0.5) is 0 Å². The zero-order valence-corrected chi connectivity index (χ0v) is 17.9. The third kappa shape index (κ3) is 3.59. The zero-order chi connectivity index (χ0) is 19.2. The van der Waals surface area contributed by atoms with Gasteiger partial charge in [0, 0.05) is 23.4 Å². The summed E-state index contributed by atoms with van der Waals surface area (Å²) in [6, 6.07) is 7.00. The van der Waals surface area contributed by atoms with Gasteiger partial charge in [-0.05, 0) is 60.4 Å². The molecule has 2 aromatic rings. The lowest BCUT2D eigenvalue weighted by Gasteiger charge is -2.30. The van der Waals surface area contributed by atoms with Crippen LogP contribution in [0.15, 0.2) is 23.6 Å². The van der Waals surface area contributed by atoms with Crippen molar-refractivity contribution in [3.8, 4) is 11.3 Å². The number of β-amino-alcohol motifs (C(OH)–C–C–N with tert-alkyl or cyclic N) is 1. The van der Waals surface area contributed by atoms with Gasteiger partial charge >= 0.3 is 0 Å². The molecule has 0 saturated carbocycles. The smallest absolute Gasteiger partial charge is 0.0964 e. The Bertz CT molecular complexity index is 816. The summed E-state index contributed by atoms with van der Waals surface area (Å²) in [6.07, 6.45) is 3.50. The Labute approximate surface area is 167 Å². The molecule has 4 heteroatoms. The van der Waals surface area contributed by atoms with Crippen LogP contribution < -0.4 is 0 Å². The molecule has 27 heavy (non-hydrogen) atoms. The number of nitrogens with zero attached hydrogens (tertiary/aromatic N) is 2. The minimum atomic E-state index is 0.229. The number of hydrogen-bond donors (Lipinski definition) is 1. The second kappa shape index (κ2) is 6.98. The van der Waals surface area contributed by atoms with E-state index in [1.807, 2.05) is 11.3 Å². The summed E-state index contributed by atoms with van der Waals surface area (Å²) in [5.41, 5.74) is 5.89. The first-order chi connectivity index (χ1) is 12.8. The molecule has 0 amide bonds. The maximum Gasteiger partial charge on any atom is 0.0964 e. The van der Waals surface area contributed by atoms with Gasteiger partial charge in [-0.1, -0.05) is 39.8 Å². The van der Waals surface area contributed by atoms with Crippen LogP contribution in [0.25, 0.3) is 11.3 Å². The Balaban J connectivity index is 1.55. The van der Waals surface area contributed by atoms with Crippen molar-refractivity contribution in [2.45, 2.75) is 63.7 Å². The number of piperidine rings is 1. The Morgan fingerprint density at radius 3 is 2.52 bits per heavy atom. The molecule has 0 unspecified atom stereocenters. The number of benzene rings is 1. The Kier molecular flexibility index (Phi) is 4.94. The monoisotopic (exact) mass is 384 g/mol. The molecule has 0 radical (unpaired) electrons. The molecule has 1 aromatic heterocycles. The molecule has 0 spiro atoms. The van der Waals surface area contributed by atoms with Crippen LogP contribution in [0.2, 0.25) is 0 Å². The first-order valence-electron chi connectivity index (χ1n) is 10.2. The average molecular weight is 385 g/mol. The van der Waals surface area contributed by atoms with Crippen LogP contribution >= 0.6 is 11.3 Å². The molecule has 2 aliphatic rings. The van der Waals surface area contributed by atoms with E-state index in [2.05, 4.69) is 56.2 Å². The van der Waals surface area contributed by atoms with Crippen LogP contribution in [-0.4, -0.2) is 41.2 Å². The summed E-state index contributed by atoms with van der Waals surface area (Å²) in [5.74, 6) is 0.573. The zero-order valence-electron chi connectivity index (χ0n) is 17.1. The maximum atomic E-state index is 9.11. The molecule has 1 aromatic carbocycles. The molecule has 4 rings (SSSR count). The Morgan fingerprint density at radius 1 is 1.11 bits per heavy atom. The number of hydrogen-bond acceptors (Lipinski definition) is 4. The van der Waals surface area contributed by atoms with E-state index in [1.54, 1.807) is 0 Å². The number of thiazole rings is 1. The van der Waals surface area contributed by atoms with E-state index in [-0.39, 0.29) is 17.4 Å². The largest absolute Gasteiger partial charge is 0.395 e. The fourth-order valence-corrected chi connectivity index (χ4v) is 6.30. The minimum Gasteiger partial charge on any atom is -0.395 e. The van der Waals surface area contributed by atoms with Gasteiger partial charge in [-0.25, -0.2) is 4.98 Å². The van der Waals surface area contributed by atoms with E-state index in [0.29, 0.717) is 5.92 Å². The molecule has 1 N–H and O–H groups in total. The van der Waals surface area contributed by atoms with Crippen molar-refractivity contribution >= 4 is 11.3 Å². The lowest BCUT2D eigenvalue weighted by molar-refractivity contribution is 0.164. The van der Waals surface area contributed by atoms with Crippen LogP contribution in [-0.2, 0) is 10.8 Å². The summed E-state index contributed by atoms with van der Waals surface area (Å²) in [7, 11) is 0. The number of likely N-dealkylation sites (tertiary alicyclic amines) is 1. The van der Waals surface area contributed by atoms with E-state index in [4.69, 9.17) is 10.1 Å². The Morgan fingerprint density at radius 2 is 1.81 bits per heavy atom. The molecule has 1 aliphatic carbocycles. The summed E-state index contributed by atoms with van der Waals surface area (Å²) in [4.78, 5) is 7.39. The molecule has 1 saturated heterocycles. The minimum absolute atomic E-state index is 0.229. The van der Waals surface area contributed by atoms with Crippen molar-refractivity contribution in [2.75, 3.05) is 26.2 Å². The van der Waals surface area contributed by atoms with Gasteiger partial charge in [-0.15, -0.1) is 11.3 Å². The van der Waals surface area contributed by atoms with E-state index in [1.165, 1.54) is 28.1 Å². The van der Waals surface area contributed by atoms with Crippen molar-refractivity contribution in [1.29, 1.82) is 0 Å². The molecule has 3 nitrogen and oxygen atoms in total. The van der Waals surface area contributed by atoms with Crippen LogP contribution in [0.5, 0.6) is 0 Å². The van der Waals surface area contributed by atoms with E-state index in [9.17, 15) is 0 Å². The number of aliphatic hydroxyl groups excluding tert-OH is 1. The fourth-order valence-electron chi connectivity index (χ4n) is 5.30. The van der Waals surface area contributed by atoms with Gasteiger partial charge in [-0.3, -0.25) is 0 Å². The normalized spacial score (nSPS) is 22.1. The highest BCUT2D eigenvalue weighted by atomic mass is 32.1. The molecule has 146 valence electrons. The lowest BCUT2D eigenvalue weighted by atomic mass is 9.82. The quantitative estimate of drug-likeness (QED) is 0.811. The molecular formula is C23H32N2OS. The molecule has 1 aliphatic heterocycles. The maximum absolute atomic E-state index is 9.11. The van der Waals surface area contributed by atoms with Crippen LogP contribution in [0, 0.1) is 0 Å². The molecular weight excluding hydrogens is 352 g/mol. The van der Waals surface area contributed by atoms with Crippen LogP contribution in [0.1, 0.15) is 69.0 Å². The second-order valence-electron chi connectivity index (χ2n) is 9.62. The molecule has 0 atom stereocenters. The third-order valence-corrected chi connectivity index (χ3v) is 7.54. The number of aromatic nitrogens is 1. The highest BCUT2D eigenvalue weighted by Crippen LogP contribution is 2.50. The number of aliphatic hydroxyl groups is 1. The van der Waals surface area contributed by atoms with E-state index in [0.717, 1.165) is 38.2 Å².